The number of benzene rings is 1. The van der Waals surface area contributed by atoms with Crippen LogP contribution in [0.5, 0.6) is 5.75 Å². The molecule has 2 heterocycles. The van der Waals surface area contributed by atoms with Crippen LogP contribution < -0.4 is 4.74 Å². The number of alkyl halides is 3. The van der Waals surface area contributed by atoms with Gasteiger partial charge in [0.1, 0.15) is 12.4 Å². The van der Waals surface area contributed by atoms with E-state index in [4.69, 9.17) is 27.9 Å². The van der Waals surface area contributed by atoms with E-state index in [0.717, 1.165) is 4.90 Å². The largest absolute Gasteiger partial charge is 0.491 e. The first-order valence-corrected chi connectivity index (χ1v) is 12.9. The second-order valence-corrected chi connectivity index (χ2v) is 10.8. The third-order valence-corrected chi connectivity index (χ3v) is 9.49. The van der Waals surface area contributed by atoms with E-state index < -0.39 is 57.0 Å². The molecule has 5 rings (SSSR count). The van der Waals surface area contributed by atoms with Gasteiger partial charge in [0.25, 0.3) is 23.6 Å². The molecule has 0 unspecified atom stereocenters. The summed E-state index contributed by atoms with van der Waals surface area (Å²) >= 11 is 17.4. The maximum Gasteiger partial charge on any atom is 0.257 e. The van der Waals surface area contributed by atoms with E-state index in [0.29, 0.717) is 16.9 Å². The Morgan fingerprint density at radius 3 is 2.49 bits per heavy atom. The number of rotatable bonds is 5. The van der Waals surface area contributed by atoms with Crippen LogP contribution in [0, 0.1) is 17.8 Å². The van der Waals surface area contributed by atoms with Gasteiger partial charge in [0, 0.05) is 11.5 Å². The molecule has 1 aromatic rings. The predicted molar refractivity (Wildman–Crippen MR) is 126 cm³/mol. The van der Waals surface area contributed by atoms with Gasteiger partial charge in [-0.25, -0.2) is 0 Å². The fraction of sp³-hybridized carbons (Fsp3) is 0.478. The molecule has 3 fully saturated rings. The van der Waals surface area contributed by atoms with Gasteiger partial charge in [-0.05, 0) is 24.8 Å². The average Bonchev–Trinajstić information content (AvgIpc) is 3.16. The molecular weight excluding hydrogens is 567 g/mol. The van der Waals surface area contributed by atoms with Gasteiger partial charge in [-0.15, -0.1) is 23.2 Å². The summed E-state index contributed by atoms with van der Waals surface area (Å²) in [6.45, 7) is -0.275. The van der Waals surface area contributed by atoms with Crippen LogP contribution in [0.1, 0.15) is 24.3 Å². The molecule has 2 aliphatic heterocycles. The lowest BCUT2D eigenvalue weighted by Crippen LogP contribution is -2.60. The highest BCUT2D eigenvalue weighted by Crippen LogP contribution is 2.66. The lowest BCUT2D eigenvalue weighted by molar-refractivity contribution is -0.173. The van der Waals surface area contributed by atoms with Crippen LogP contribution in [0.15, 0.2) is 35.9 Å². The number of likely N-dealkylation sites (tertiary alicyclic amines) is 1. The third-order valence-electron chi connectivity index (χ3n) is 7.57. The van der Waals surface area contributed by atoms with Crippen molar-refractivity contribution in [3.8, 4) is 5.75 Å². The molecule has 186 valence electrons. The molecular formula is C23H21BrCl2N2O7. The second kappa shape index (κ2) is 8.55. The Balaban J connectivity index is 1.75. The van der Waals surface area contributed by atoms with Crippen molar-refractivity contribution in [1.82, 2.24) is 9.96 Å². The number of nitrogens with zero attached hydrogens (tertiary/aromatic N) is 2. The van der Waals surface area contributed by atoms with Gasteiger partial charge in [-0.3, -0.25) is 29.3 Å². The van der Waals surface area contributed by atoms with Gasteiger partial charge in [-0.2, -0.15) is 5.06 Å². The summed E-state index contributed by atoms with van der Waals surface area (Å²) in [4.78, 5) is 49.7. The Kier molecular flexibility index (Phi) is 6.04. The summed E-state index contributed by atoms with van der Waals surface area (Å²) in [5.74, 6) is -5.97. The number of fused-ring (bicyclic) bond motifs is 4. The van der Waals surface area contributed by atoms with Gasteiger partial charge >= 0.3 is 0 Å². The van der Waals surface area contributed by atoms with Gasteiger partial charge in [0.15, 0.2) is 9.75 Å². The summed E-state index contributed by atoms with van der Waals surface area (Å²) < 4.78 is 5.74. The monoisotopic (exact) mass is 586 g/mol. The number of halogens is 3. The van der Waals surface area contributed by atoms with E-state index in [-0.39, 0.29) is 36.6 Å². The highest BCUT2D eigenvalue weighted by Gasteiger charge is 2.76. The van der Waals surface area contributed by atoms with Crippen LogP contribution in [0.25, 0.3) is 0 Å². The topological polar surface area (TPSA) is 124 Å². The van der Waals surface area contributed by atoms with Crippen LogP contribution in [0.4, 0.5) is 0 Å². The number of imide groups is 2. The minimum Gasteiger partial charge on any atom is -0.491 e. The first-order chi connectivity index (χ1) is 16.6. The van der Waals surface area contributed by atoms with Crippen molar-refractivity contribution in [2.45, 2.75) is 28.5 Å². The van der Waals surface area contributed by atoms with Crippen LogP contribution in [-0.2, 0) is 19.2 Å². The Morgan fingerprint density at radius 2 is 1.80 bits per heavy atom. The second-order valence-electron chi connectivity index (χ2n) is 9.08. The number of carbonyl (C=O) groups excluding carboxylic acids is 4. The Morgan fingerprint density at radius 1 is 1.09 bits per heavy atom. The highest BCUT2D eigenvalue weighted by atomic mass is 79.9. The first kappa shape index (κ1) is 24.7. The lowest BCUT2D eigenvalue weighted by atomic mass is 9.56. The molecule has 35 heavy (non-hydrogen) atoms. The fourth-order valence-corrected chi connectivity index (χ4v) is 7.51. The maximum absolute atomic E-state index is 13.7. The molecule has 1 saturated carbocycles. The van der Waals surface area contributed by atoms with Crippen molar-refractivity contribution in [3.05, 3.63) is 41.5 Å². The van der Waals surface area contributed by atoms with E-state index >= 15 is 0 Å². The fourth-order valence-electron chi connectivity index (χ4n) is 6.09. The molecule has 6 atom stereocenters. The number of hydrogen-bond donors (Lipinski definition) is 2. The maximum atomic E-state index is 13.7. The number of carbonyl (C=O) groups is 4. The molecule has 2 saturated heterocycles. The zero-order valence-corrected chi connectivity index (χ0v) is 21.3. The summed E-state index contributed by atoms with van der Waals surface area (Å²) in [5.41, 5.74) is 0.929. The van der Waals surface area contributed by atoms with Crippen molar-refractivity contribution in [2.75, 3.05) is 18.7 Å². The van der Waals surface area contributed by atoms with E-state index in [1.54, 1.807) is 30.3 Å². The number of hydrogen-bond acceptors (Lipinski definition) is 7. The molecule has 9 nitrogen and oxygen atoms in total. The first-order valence-electron chi connectivity index (χ1n) is 11.0. The molecule has 0 spiro atoms. The SMILES string of the molecule is O=C1[C@H]2[C@H](CC=C3[C@H]2C[C@@]2(Cl)C(=O)N(CBr)C(=O)[C@@]2(Cl)[C@H]3c2ccccc2OCCO)C(=O)N1O. The molecule has 2 aliphatic carbocycles. The smallest absolute Gasteiger partial charge is 0.257 e. The van der Waals surface area contributed by atoms with Crippen LogP contribution in [-0.4, -0.2) is 72.3 Å². The number of aliphatic hydroxyl groups excluding tert-OH is 1. The summed E-state index contributed by atoms with van der Waals surface area (Å²) in [6.07, 6.45) is 1.75. The number of hydroxylamine groups is 2. The standard InChI is InChI=1S/C23H21BrCl2N2O7/c24-10-27-20(32)22(25)9-14-11(5-6-13-16(14)19(31)28(34)18(13)30)17(23(22,26)21(27)33)12-3-1-2-4-15(12)35-8-7-29/h1-5,13-14,16-17,29,34H,6-10H2/t13-,14+,16-,17+,22+,23-/m0/s1. The Hall–Kier alpha value is -1.98. The van der Waals surface area contributed by atoms with E-state index in [1.165, 1.54) is 0 Å². The molecule has 4 aliphatic rings. The predicted octanol–water partition coefficient (Wildman–Crippen LogP) is 2.16. The summed E-state index contributed by atoms with van der Waals surface area (Å²) in [7, 11) is 0. The summed E-state index contributed by atoms with van der Waals surface area (Å²) in [6, 6.07) is 6.78. The number of para-hydroxylation sites is 1. The van der Waals surface area contributed by atoms with Crippen molar-refractivity contribution in [1.29, 1.82) is 0 Å². The Labute approximate surface area is 218 Å². The minimum atomic E-state index is -1.95. The van der Waals surface area contributed by atoms with Crippen molar-refractivity contribution < 1.29 is 34.2 Å². The van der Waals surface area contributed by atoms with Crippen LogP contribution in [0.2, 0.25) is 0 Å². The highest BCUT2D eigenvalue weighted by molar-refractivity contribution is 9.09. The number of amides is 4. The van der Waals surface area contributed by atoms with E-state index in [9.17, 15) is 29.5 Å². The van der Waals surface area contributed by atoms with Gasteiger partial charge < -0.3 is 9.84 Å². The van der Waals surface area contributed by atoms with E-state index in [1.807, 2.05) is 0 Å². The zero-order valence-electron chi connectivity index (χ0n) is 18.2. The minimum absolute atomic E-state index is 0.0227. The normalized spacial score (nSPS) is 36.2. The Bertz CT molecular complexity index is 1180. The molecule has 1 aromatic carbocycles. The summed E-state index contributed by atoms with van der Waals surface area (Å²) in [5, 5.41) is 19.5. The van der Waals surface area contributed by atoms with Gasteiger partial charge in [-0.1, -0.05) is 45.8 Å². The van der Waals surface area contributed by atoms with Gasteiger partial charge in [0.2, 0.25) is 0 Å². The molecule has 0 aromatic heterocycles. The molecule has 12 heteroatoms. The zero-order chi connectivity index (χ0) is 25.3. The average molecular weight is 588 g/mol. The van der Waals surface area contributed by atoms with Crippen LogP contribution in [0.3, 0.4) is 0 Å². The molecule has 0 radical (unpaired) electrons. The number of aliphatic hydroxyl groups is 1. The van der Waals surface area contributed by atoms with Crippen LogP contribution >= 0.6 is 39.1 Å². The number of ether oxygens (including phenoxy) is 1. The molecule has 0 bridgehead atoms. The van der Waals surface area contributed by atoms with Crippen molar-refractivity contribution in [2.24, 2.45) is 17.8 Å². The van der Waals surface area contributed by atoms with Crippen molar-refractivity contribution in [3.63, 3.8) is 0 Å². The van der Waals surface area contributed by atoms with Gasteiger partial charge in [0.05, 0.1) is 23.9 Å². The third kappa shape index (κ3) is 3.13. The molecule has 2 N–H and O–H groups in total. The van der Waals surface area contributed by atoms with Crippen molar-refractivity contribution >= 4 is 62.8 Å². The van der Waals surface area contributed by atoms with E-state index in [2.05, 4.69) is 15.9 Å². The quantitative estimate of drug-likeness (QED) is 0.178. The number of allylic oxidation sites excluding steroid dienone is 2. The lowest BCUT2D eigenvalue weighted by Gasteiger charge is -2.50. The molecule has 4 amide bonds.